The SMILES string of the molecule is CC(=O)N1CCc2cc(N3CC(C(=O)NCCC(C)C)CC3=O)ccc21. The molecule has 3 amide bonds. The first kappa shape index (κ1) is 18.4. The summed E-state index contributed by atoms with van der Waals surface area (Å²) in [6.07, 6.45) is 1.99. The fraction of sp³-hybridized carbons (Fsp3) is 0.550. The zero-order valence-electron chi connectivity index (χ0n) is 15.7. The Kier molecular flexibility index (Phi) is 5.30. The predicted molar refractivity (Wildman–Crippen MR) is 101 cm³/mol. The number of amides is 3. The maximum Gasteiger partial charge on any atom is 0.227 e. The van der Waals surface area contributed by atoms with E-state index >= 15 is 0 Å². The fourth-order valence-electron chi connectivity index (χ4n) is 3.64. The third-order valence-corrected chi connectivity index (χ3v) is 5.17. The number of carbonyl (C=O) groups is 3. The largest absolute Gasteiger partial charge is 0.356 e. The Hall–Kier alpha value is -2.37. The average molecular weight is 357 g/mol. The van der Waals surface area contributed by atoms with Gasteiger partial charge in [0, 0.05) is 44.4 Å². The van der Waals surface area contributed by atoms with Crippen molar-refractivity contribution in [2.24, 2.45) is 11.8 Å². The van der Waals surface area contributed by atoms with Crippen molar-refractivity contribution in [3.05, 3.63) is 23.8 Å². The van der Waals surface area contributed by atoms with Crippen molar-refractivity contribution in [1.82, 2.24) is 5.32 Å². The van der Waals surface area contributed by atoms with E-state index in [2.05, 4.69) is 19.2 Å². The van der Waals surface area contributed by atoms with Crippen LogP contribution in [0.1, 0.15) is 39.2 Å². The average Bonchev–Trinajstić information content (AvgIpc) is 3.17. The van der Waals surface area contributed by atoms with Gasteiger partial charge in [0.15, 0.2) is 0 Å². The summed E-state index contributed by atoms with van der Waals surface area (Å²) >= 11 is 0. The van der Waals surface area contributed by atoms with E-state index in [4.69, 9.17) is 0 Å². The molecule has 0 bridgehead atoms. The summed E-state index contributed by atoms with van der Waals surface area (Å²) in [6.45, 7) is 7.56. The van der Waals surface area contributed by atoms with E-state index in [9.17, 15) is 14.4 Å². The van der Waals surface area contributed by atoms with Crippen LogP contribution >= 0.6 is 0 Å². The summed E-state index contributed by atoms with van der Waals surface area (Å²) < 4.78 is 0. The van der Waals surface area contributed by atoms with Gasteiger partial charge in [0.1, 0.15) is 0 Å². The van der Waals surface area contributed by atoms with Gasteiger partial charge in [-0.3, -0.25) is 14.4 Å². The summed E-state index contributed by atoms with van der Waals surface area (Å²) in [5.41, 5.74) is 2.82. The molecule has 1 fully saturated rings. The van der Waals surface area contributed by atoms with Crippen LogP contribution in [0.2, 0.25) is 0 Å². The van der Waals surface area contributed by atoms with Crippen LogP contribution in [0.3, 0.4) is 0 Å². The van der Waals surface area contributed by atoms with Crippen LogP contribution in [-0.4, -0.2) is 37.4 Å². The highest BCUT2D eigenvalue weighted by Crippen LogP contribution is 2.34. The molecule has 140 valence electrons. The van der Waals surface area contributed by atoms with E-state index in [0.717, 1.165) is 29.8 Å². The minimum atomic E-state index is -0.295. The van der Waals surface area contributed by atoms with Crippen molar-refractivity contribution in [3.63, 3.8) is 0 Å². The first-order chi connectivity index (χ1) is 12.4. The fourth-order valence-corrected chi connectivity index (χ4v) is 3.64. The second-order valence-corrected chi connectivity index (χ2v) is 7.61. The second kappa shape index (κ2) is 7.48. The Labute approximate surface area is 154 Å². The maximum absolute atomic E-state index is 12.4. The van der Waals surface area contributed by atoms with Crippen molar-refractivity contribution in [3.8, 4) is 0 Å². The number of hydrogen-bond donors (Lipinski definition) is 1. The molecule has 0 aliphatic carbocycles. The van der Waals surface area contributed by atoms with Gasteiger partial charge in [-0.15, -0.1) is 0 Å². The highest BCUT2D eigenvalue weighted by Gasteiger charge is 2.35. The topological polar surface area (TPSA) is 69.7 Å². The van der Waals surface area contributed by atoms with Gasteiger partial charge >= 0.3 is 0 Å². The van der Waals surface area contributed by atoms with E-state index < -0.39 is 0 Å². The zero-order chi connectivity index (χ0) is 18.8. The third kappa shape index (κ3) is 3.74. The Morgan fingerprint density at radius 1 is 1.31 bits per heavy atom. The molecule has 1 saturated heterocycles. The number of carbonyl (C=O) groups excluding carboxylic acids is 3. The Morgan fingerprint density at radius 2 is 2.08 bits per heavy atom. The van der Waals surface area contributed by atoms with E-state index in [-0.39, 0.29) is 30.1 Å². The number of benzene rings is 1. The first-order valence-electron chi connectivity index (χ1n) is 9.36. The molecule has 1 unspecified atom stereocenters. The van der Waals surface area contributed by atoms with Crippen LogP contribution < -0.4 is 15.1 Å². The molecule has 0 saturated carbocycles. The Morgan fingerprint density at radius 3 is 2.77 bits per heavy atom. The predicted octanol–water partition coefficient (Wildman–Crippen LogP) is 2.11. The summed E-state index contributed by atoms with van der Waals surface area (Å²) in [6, 6.07) is 5.76. The standard InChI is InChI=1S/C20H27N3O3/c1-13(2)6-8-21-20(26)16-11-19(25)23(12-16)17-4-5-18-15(10-17)7-9-22(18)14(3)24/h4-5,10,13,16H,6-9,11-12H2,1-3H3,(H,21,26). The lowest BCUT2D eigenvalue weighted by molar-refractivity contribution is -0.126. The molecule has 0 spiro atoms. The Balaban J connectivity index is 1.66. The number of anilines is 2. The summed E-state index contributed by atoms with van der Waals surface area (Å²) in [5.74, 6) is 0.224. The van der Waals surface area contributed by atoms with Gasteiger partial charge < -0.3 is 15.1 Å². The summed E-state index contributed by atoms with van der Waals surface area (Å²) in [7, 11) is 0. The second-order valence-electron chi connectivity index (χ2n) is 7.61. The number of hydrogen-bond acceptors (Lipinski definition) is 3. The first-order valence-corrected chi connectivity index (χ1v) is 9.36. The van der Waals surface area contributed by atoms with Crippen molar-refractivity contribution in [1.29, 1.82) is 0 Å². The molecule has 3 rings (SSSR count). The van der Waals surface area contributed by atoms with Crippen molar-refractivity contribution < 1.29 is 14.4 Å². The van der Waals surface area contributed by atoms with E-state index in [0.29, 0.717) is 25.6 Å². The van der Waals surface area contributed by atoms with Crippen LogP contribution in [-0.2, 0) is 20.8 Å². The molecule has 6 heteroatoms. The minimum absolute atomic E-state index is 0.0182. The summed E-state index contributed by atoms with van der Waals surface area (Å²) in [5, 5.41) is 2.95. The van der Waals surface area contributed by atoms with Crippen molar-refractivity contribution in [2.75, 3.05) is 29.4 Å². The van der Waals surface area contributed by atoms with Crippen LogP contribution in [0.5, 0.6) is 0 Å². The molecule has 26 heavy (non-hydrogen) atoms. The summed E-state index contributed by atoms with van der Waals surface area (Å²) in [4.78, 5) is 39.9. The Bertz CT molecular complexity index is 729. The third-order valence-electron chi connectivity index (χ3n) is 5.17. The molecule has 1 aromatic carbocycles. The highest BCUT2D eigenvalue weighted by atomic mass is 16.2. The van der Waals surface area contributed by atoms with Crippen LogP contribution in [0, 0.1) is 11.8 Å². The van der Waals surface area contributed by atoms with Gasteiger partial charge in [-0.1, -0.05) is 13.8 Å². The molecular formula is C20H27N3O3. The van der Waals surface area contributed by atoms with E-state index in [1.165, 1.54) is 0 Å². The molecule has 0 aromatic heterocycles. The zero-order valence-corrected chi connectivity index (χ0v) is 15.7. The van der Waals surface area contributed by atoms with Crippen LogP contribution in [0.25, 0.3) is 0 Å². The van der Waals surface area contributed by atoms with Crippen LogP contribution in [0.15, 0.2) is 18.2 Å². The minimum Gasteiger partial charge on any atom is -0.356 e. The van der Waals surface area contributed by atoms with Gasteiger partial charge in [0.05, 0.1) is 5.92 Å². The van der Waals surface area contributed by atoms with Gasteiger partial charge in [0.2, 0.25) is 17.7 Å². The molecule has 1 N–H and O–H groups in total. The van der Waals surface area contributed by atoms with Gasteiger partial charge in [-0.2, -0.15) is 0 Å². The molecule has 0 radical (unpaired) electrons. The normalized spacial score (nSPS) is 19.2. The number of fused-ring (bicyclic) bond motifs is 1. The molecular weight excluding hydrogens is 330 g/mol. The molecule has 1 aromatic rings. The monoisotopic (exact) mass is 357 g/mol. The van der Waals surface area contributed by atoms with Gasteiger partial charge in [0.25, 0.3) is 0 Å². The van der Waals surface area contributed by atoms with Crippen molar-refractivity contribution in [2.45, 2.75) is 40.0 Å². The van der Waals surface area contributed by atoms with Crippen molar-refractivity contribution >= 4 is 29.1 Å². The highest BCUT2D eigenvalue weighted by molar-refractivity contribution is 6.01. The van der Waals surface area contributed by atoms with E-state index in [1.54, 1.807) is 16.7 Å². The smallest absolute Gasteiger partial charge is 0.227 e. The van der Waals surface area contributed by atoms with Gasteiger partial charge in [-0.25, -0.2) is 0 Å². The lowest BCUT2D eigenvalue weighted by Gasteiger charge is -2.19. The number of nitrogens with zero attached hydrogens (tertiary/aromatic N) is 2. The maximum atomic E-state index is 12.4. The lowest BCUT2D eigenvalue weighted by atomic mass is 10.1. The van der Waals surface area contributed by atoms with E-state index in [1.807, 2.05) is 18.2 Å². The quantitative estimate of drug-likeness (QED) is 0.877. The molecule has 1 atom stereocenters. The molecule has 2 aliphatic heterocycles. The number of nitrogens with one attached hydrogen (secondary N) is 1. The lowest BCUT2D eigenvalue weighted by Crippen LogP contribution is -2.33. The molecule has 2 aliphatic rings. The number of rotatable bonds is 5. The van der Waals surface area contributed by atoms with Gasteiger partial charge in [-0.05, 0) is 42.5 Å². The molecule has 2 heterocycles. The van der Waals surface area contributed by atoms with Crippen LogP contribution in [0.4, 0.5) is 11.4 Å². The molecule has 6 nitrogen and oxygen atoms in total.